The van der Waals surface area contributed by atoms with Crippen LogP contribution in [0.5, 0.6) is 0 Å². The van der Waals surface area contributed by atoms with Crippen molar-refractivity contribution in [2.75, 3.05) is 5.32 Å². The van der Waals surface area contributed by atoms with Crippen molar-refractivity contribution in [2.24, 2.45) is 0 Å². The first-order valence-corrected chi connectivity index (χ1v) is 9.09. The molecule has 27 heavy (non-hydrogen) atoms. The smallest absolute Gasteiger partial charge is 0.142 e. The van der Waals surface area contributed by atoms with Gasteiger partial charge in [-0.1, -0.05) is 30.3 Å². The van der Waals surface area contributed by atoms with E-state index in [1.807, 2.05) is 6.07 Å². The van der Waals surface area contributed by atoms with Crippen molar-refractivity contribution in [1.82, 2.24) is 9.97 Å². The molecule has 4 nitrogen and oxygen atoms in total. The fraction of sp³-hybridized carbons (Fsp3) is 0.130. The fourth-order valence-corrected chi connectivity index (χ4v) is 3.31. The van der Waals surface area contributed by atoms with Crippen molar-refractivity contribution < 1.29 is 0 Å². The lowest BCUT2D eigenvalue weighted by Crippen LogP contribution is -1.93. The van der Waals surface area contributed by atoms with Crippen molar-refractivity contribution in [3.63, 3.8) is 0 Å². The molecule has 0 fully saturated rings. The van der Waals surface area contributed by atoms with E-state index in [1.165, 1.54) is 22.0 Å². The molecule has 0 radical (unpaired) electrons. The molecule has 2 heterocycles. The van der Waals surface area contributed by atoms with E-state index in [2.05, 4.69) is 76.1 Å². The van der Waals surface area contributed by atoms with E-state index >= 15 is 0 Å². The number of aryl methyl sites for hydroxylation is 2. The Balaban J connectivity index is 1.34. The maximum absolute atomic E-state index is 8.93. The monoisotopic (exact) mass is 352 g/mol. The van der Waals surface area contributed by atoms with Gasteiger partial charge in [-0.2, -0.15) is 5.26 Å². The third-order valence-electron chi connectivity index (χ3n) is 4.70. The van der Waals surface area contributed by atoms with E-state index in [0.717, 1.165) is 30.6 Å². The van der Waals surface area contributed by atoms with Gasteiger partial charge in [0, 0.05) is 34.7 Å². The minimum Gasteiger partial charge on any atom is -0.361 e. The Bertz CT molecular complexity index is 1090. The zero-order valence-electron chi connectivity index (χ0n) is 14.9. The summed E-state index contributed by atoms with van der Waals surface area (Å²) in [6.45, 7) is 0. The molecular formula is C23H20N4. The predicted molar refractivity (Wildman–Crippen MR) is 109 cm³/mol. The summed E-state index contributed by atoms with van der Waals surface area (Å²) in [5, 5.41) is 13.6. The average Bonchev–Trinajstić information content (AvgIpc) is 3.13. The molecule has 0 atom stereocenters. The Hall–Kier alpha value is -3.58. The molecule has 4 aromatic rings. The van der Waals surface area contributed by atoms with Gasteiger partial charge in [0.15, 0.2) is 0 Å². The van der Waals surface area contributed by atoms with Gasteiger partial charge in [0.2, 0.25) is 0 Å². The Morgan fingerprint density at radius 2 is 1.81 bits per heavy atom. The quantitative estimate of drug-likeness (QED) is 0.491. The van der Waals surface area contributed by atoms with Crippen molar-refractivity contribution in [2.45, 2.75) is 19.3 Å². The SMILES string of the molecule is N#Cc1cc(Nc2ccc(CCCc3c[nH]c4ccccc34)cc2)ccn1. The Labute approximate surface area is 158 Å². The van der Waals surface area contributed by atoms with E-state index in [9.17, 15) is 0 Å². The minimum atomic E-state index is 0.411. The molecule has 0 aliphatic carbocycles. The van der Waals surface area contributed by atoms with E-state index in [0.29, 0.717) is 5.69 Å². The van der Waals surface area contributed by atoms with Gasteiger partial charge in [-0.05, 0) is 60.7 Å². The van der Waals surface area contributed by atoms with Gasteiger partial charge in [0.25, 0.3) is 0 Å². The number of hydrogen-bond donors (Lipinski definition) is 2. The number of benzene rings is 2. The molecule has 0 amide bonds. The molecule has 0 unspecified atom stereocenters. The van der Waals surface area contributed by atoms with Crippen LogP contribution >= 0.6 is 0 Å². The van der Waals surface area contributed by atoms with Crippen LogP contribution in [0.15, 0.2) is 73.1 Å². The van der Waals surface area contributed by atoms with Crippen LogP contribution in [0.3, 0.4) is 0 Å². The highest BCUT2D eigenvalue weighted by Crippen LogP contribution is 2.21. The molecular weight excluding hydrogens is 332 g/mol. The lowest BCUT2D eigenvalue weighted by Gasteiger charge is -2.08. The fourth-order valence-electron chi connectivity index (χ4n) is 3.31. The van der Waals surface area contributed by atoms with Gasteiger partial charge in [-0.25, -0.2) is 4.98 Å². The van der Waals surface area contributed by atoms with Crippen molar-refractivity contribution >= 4 is 22.3 Å². The molecule has 0 saturated carbocycles. The van der Waals surface area contributed by atoms with Gasteiger partial charge in [0.05, 0.1) is 0 Å². The van der Waals surface area contributed by atoms with Gasteiger partial charge in [-0.3, -0.25) is 0 Å². The molecule has 0 spiro atoms. The third kappa shape index (κ3) is 3.99. The first-order chi connectivity index (χ1) is 13.3. The first kappa shape index (κ1) is 16.9. The zero-order valence-corrected chi connectivity index (χ0v) is 14.9. The molecule has 132 valence electrons. The highest BCUT2D eigenvalue weighted by Gasteiger charge is 2.03. The number of aromatic nitrogens is 2. The number of para-hydroxylation sites is 1. The van der Waals surface area contributed by atoms with Crippen LogP contribution in [-0.2, 0) is 12.8 Å². The number of nitriles is 1. The standard InChI is InChI=1S/C23H20N4/c24-15-21-14-20(12-13-25-21)27-19-10-8-17(9-11-19)4-3-5-18-16-26-23-7-2-1-6-22(18)23/h1-2,6-14,16,26H,3-5H2,(H,25,27). The number of nitrogens with one attached hydrogen (secondary N) is 2. The number of hydrogen-bond acceptors (Lipinski definition) is 3. The lowest BCUT2D eigenvalue weighted by molar-refractivity contribution is 0.825. The summed E-state index contributed by atoms with van der Waals surface area (Å²) >= 11 is 0. The van der Waals surface area contributed by atoms with Crippen molar-refractivity contribution in [3.05, 3.63) is 89.9 Å². The number of fused-ring (bicyclic) bond motifs is 1. The Morgan fingerprint density at radius 3 is 2.67 bits per heavy atom. The van der Waals surface area contributed by atoms with E-state index in [4.69, 9.17) is 5.26 Å². The van der Waals surface area contributed by atoms with E-state index in [1.54, 1.807) is 12.3 Å². The second kappa shape index (κ2) is 7.76. The predicted octanol–water partition coefficient (Wildman–Crippen LogP) is 5.35. The molecule has 0 saturated heterocycles. The van der Waals surface area contributed by atoms with Crippen molar-refractivity contribution in [3.8, 4) is 6.07 Å². The average molecular weight is 352 g/mol. The van der Waals surface area contributed by atoms with Crippen LogP contribution in [0.4, 0.5) is 11.4 Å². The van der Waals surface area contributed by atoms with Gasteiger partial charge >= 0.3 is 0 Å². The molecule has 0 bridgehead atoms. The second-order valence-corrected chi connectivity index (χ2v) is 6.58. The molecule has 2 N–H and O–H groups in total. The molecule has 0 aliphatic heterocycles. The molecule has 4 heteroatoms. The summed E-state index contributed by atoms with van der Waals surface area (Å²) in [5.74, 6) is 0. The second-order valence-electron chi connectivity index (χ2n) is 6.58. The Morgan fingerprint density at radius 1 is 0.963 bits per heavy atom. The van der Waals surface area contributed by atoms with Crippen LogP contribution in [0.2, 0.25) is 0 Å². The first-order valence-electron chi connectivity index (χ1n) is 9.09. The maximum Gasteiger partial charge on any atom is 0.142 e. The number of H-pyrrole nitrogens is 1. The number of aromatic amines is 1. The molecule has 2 aromatic carbocycles. The highest BCUT2D eigenvalue weighted by atomic mass is 14.9. The summed E-state index contributed by atoms with van der Waals surface area (Å²) in [6.07, 6.45) is 7.00. The third-order valence-corrected chi connectivity index (χ3v) is 4.70. The summed E-state index contributed by atoms with van der Waals surface area (Å²) < 4.78 is 0. The van der Waals surface area contributed by atoms with Crippen LogP contribution in [0.25, 0.3) is 10.9 Å². The zero-order chi connectivity index (χ0) is 18.5. The lowest BCUT2D eigenvalue weighted by atomic mass is 10.0. The number of nitrogens with zero attached hydrogens (tertiary/aromatic N) is 2. The van der Waals surface area contributed by atoms with Crippen LogP contribution in [-0.4, -0.2) is 9.97 Å². The van der Waals surface area contributed by atoms with Gasteiger partial charge < -0.3 is 10.3 Å². The number of rotatable bonds is 6. The summed E-state index contributed by atoms with van der Waals surface area (Å²) in [6, 6.07) is 22.6. The van der Waals surface area contributed by atoms with Gasteiger partial charge in [-0.15, -0.1) is 0 Å². The molecule has 2 aromatic heterocycles. The summed E-state index contributed by atoms with van der Waals surface area (Å²) in [4.78, 5) is 7.33. The van der Waals surface area contributed by atoms with Crippen LogP contribution < -0.4 is 5.32 Å². The normalized spacial score (nSPS) is 10.6. The Kier molecular flexibility index (Phi) is 4.84. The summed E-state index contributed by atoms with van der Waals surface area (Å²) in [5.41, 5.74) is 6.20. The minimum absolute atomic E-state index is 0.411. The van der Waals surface area contributed by atoms with Crippen LogP contribution in [0.1, 0.15) is 23.2 Å². The van der Waals surface area contributed by atoms with Gasteiger partial charge in [0.1, 0.15) is 11.8 Å². The van der Waals surface area contributed by atoms with E-state index < -0.39 is 0 Å². The van der Waals surface area contributed by atoms with E-state index in [-0.39, 0.29) is 0 Å². The van der Waals surface area contributed by atoms with Crippen molar-refractivity contribution in [1.29, 1.82) is 5.26 Å². The highest BCUT2D eigenvalue weighted by molar-refractivity contribution is 5.83. The number of anilines is 2. The maximum atomic E-state index is 8.93. The summed E-state index contributed by atoms with van der Waals surface area (Å²) in [7, 11) is 0. The number of pyridine rings is 1. The topological polar surface area (TPSA) is 64.5 Å². The molecule has 4 rings (SSSR count). The molecule has 0 aliphatic rings. The van der Waals surface area contributed by atoms with Crippen LogP contribution in [0, 0.1) is 11.3 Å². The largest absolute Gasteiger partial charge is 0.361 e.